The molecule has 0 spiro atoms. The van der Waals surface area contributed by atoms with Crippen molar-refractivity contribution in [3.8, 4) is 5.69 Å². The number of rotatable bonds is 5. The molecule has 3 rings (SSSR count). The smallest absolute Gasteiger partial charge is 0.0645 e. The van der Waals surface area contributed by atoms with Gasteiger partial charge in [0.25, 0.3) is 0 Å². The fourth-order valence-electron chi connectivity index (χ4n) is 3.02. The molecule has 1 heterocycles. The molecule has 2 atom stereocenters. The second-order valence-electron chi connectivity index (χ2n) is 5.86. The first-order valence-corrected chi connectivity index (χ1v) is 7.80. The molecule has 4 heteroatoms. The van der Waals surface area contributed by atoms with Crippen molar-refractivity contribution in [1.82, 2.24) is 15.1 Å². The molecule has 2 N–H and O–H groups in total. The predicted octanol–water partition coefficient (Wildman–Crippen LogP) is 2.51. The van der Waals surface area contributed by atoms with E-state index in [1.807, 2.05) is 16.9 Å². The van der Waals surface area contributed by atoms with Crippen LogP contribution in [0.2, 0.25) is 0 Å². The standard InChI is InChI=1S/C17H23N3O/c21-17-5-2-1-4-15(17)13-18-12-14-6-8-16(9-7-14)20-11-3-10-19-20/h3,6-11,15,17-18,21H,1-2,4-5,12-13H2. The van der Waals surface area contributed by atoms with Gasteiger partial charge in [0.2, 0.25) is 0 Å². The Balaban J connectivity index is 1.49. The van der Waals surface area contributed by atoms with Crippen LogP contribution in [0.3, 0.4) is 0 Å². The molecule has 1 aliphatic rings. The van der Waals surface area contributed by atoms with Gasteiger partial charge in [-0.1, -0.05) is 25.0 Å². The Bertz CT molecular complexity index is 536. The summed E-state index contributed by atoms with van der Waals surface area (Å²) < 4.78 is 1.86. The minimum absolute atomic E-state index is 0.117. The van der Waals surface area contributed by atoms with Crippen molar-refractivity contribution in [2.24, 2.45) is 5.92 Å². The van der Waals surface area contributed by atoms with E-state index in [0.717, 1.165) is 31.6 Å². The predicted molar refractivity (Wildman–Crippen MR) is 83.2 cm³/mol. The number of hydrogen-bond donors (Lipinski definition) is 2. The van der Waals surface area contributed by atoms with Crippen molar-refractivity contribution < 1.29 is 5.11 Å². The average molecular weight is 285 g/mol. The van der Waals surface area contributed by atoms with Gasteiger partial charge in [-0.05, 0) is 42.5 Å². The second-order valence-corrected chi connectivity index (χ2v) is 5.86. The van der Waals surface area contributed by atoms with Crippen molar-refractivity contribution in [1.29, 1.82) is 0 Å². The third-order valence-electron chi connectivity index (χ3n) is 4.31. The fraction of sp³-hybridized carbons (Fsp3) is 0.471. The highest BCUT2D eigenvalue weighted by molar-refractivity contribution is 5.33. The molecule has 1 aromatic carbocycles. The van der Waals surface area contributed by atoms with E-state index in [-0.39, 0.29) is 6.10 Å². The maximum atomic E-state index is 9.96. The summed E-state index contributed by atoms with van der Waals surface area (Å²) >= 11 is 0. The van der Waals surface area contributed by atoms with E-state index in [1.54, 1.807) is 6.20 Å². The van der Waals surface area contributed by atoms with Gasteiger partial charge in [0.15, 0.2) is 0 Å². The van der Waals surface area contributed by atoms with Crippen LogP contribution in [0.1, 0.15) is 31.2 Å². The Hall–Kier alpha value is -1.65. The van der Waals surface area contributed by atoms with Crippen LogP contribution in [0.15, 0.2) is 42.7 Å². The zero-order valence-corrected chi connectivity index (χ0v) is 12.3. The lowest BCUT2D eigenvalue weighted by Crippen LogP contribution is -2.33. The van der Waals surface area contributed by atoms with Gasteiger partial charge in [0.05, 0.1) is 11.8 Å². The molecule has 112 valence electrons. The van der Waals surface area contributed by atoms with E-state index < -0.39 is 0 Å². The monoisotopic (exact) mass is 285 g/mol. The van der Waals surface area contributed by atoms with Gasteiger partial charge < -0.3 is 10.4 Å². The molecule has 0 radical (unpaired) electrons. The van der Waals surface area contributed by atoms with Crippen LogP contribution >= 0.6 is 0 Å². The quantitative estimate of drug-likeness (QED) is 0.887. The molecule has 4 nitrogen and oxygen atoms in total. The highest BCUT2D eigenvalue weighted by atomic mass is 16.3. The maximum absolute atomic E-state index is 9.96. The molecule has 1 aliphatic carbocycles. The summed E-state index contributed by atoms with van der Waals surface area (Å²) in [6, 6.07) is 10.3. The van der Waals surface area contributed by atoms with E-state index >= 15 is 0 Å². The summed E-state index contributed by atoms with van der Waals surface area (Å²) in [4.78, 5) is 0. The van der Waals surface area contributed by atoms with E-state index in [1.165, 1.54) is 18.4 Å². The number of aliphatic hydroxyl groups excluding tert-OH is 1. The number of aromatic nitrogens is 2. The maximum Gasteiger partial charge on any atom is 0.0645 e. The number of hydrogen-bond acceptors (Lipinski definition) is 3. The molecular formula is C17H23N3O. The van der Waals surface area contributed by atoms with Crippen molar-refractivity contribution in [3.63, 3.8) is 0 Å². The van der Waals surface area contributed by atoms with E-state index in [9.17, 15) is 5.11 Å². The summed E-state index contributed by atoms with van der Waals surface area (Å²) in [7, 11) is 0. The number of benzene rings is 1. The first-order valence-electron chi connectivity index (χ1n) is 7.80. The zero-order chi connectivity index (χ0) is 14.5. The first kappa shape index (κ1) is 14.3. The van der Waals surface area contributed by atoms with E-state index in [2.05, 4.69) is 34.7 Å². The van der Waals surface area contributed by atoms with Crippen molar-refractivity contribution in [3.05, 3.63) is 48.3 Å². The molecule has 2 aromatic rings. The lowest BCUT2D eigenvalue weighted by molar-refractivity contribution is 0.0695. The Morgan fingerprint density at radius 1 is 1.19 bits per heavy atom. The van der Waals surface area contributed by atoms with Crippen LogP contribution in [-0.4, -0.2) is 27.5 Å². The first-order chi connectivity index (χ1) is 10.3. The molecule has 0 bridgehead atoms. The van der Waals surface area contributed by atoms with Gasteiger partial charge in [0.1, 0.15) is 0 Å². The Morgan fingerprint density at radius 2 is 2.00 bits per heavy atom. The minimum Gasteiger partial charge on any atom is -0.393 e. The molecule has 0 aliphatic heterocycles. The zero-order valence-electron chi connectivity index (χ0n) is 12.3. The van der Waals surface area contributed by atoms with Gasteiger partial charge >= 0.3 is 0 Å². The topological polar surface area (TPSA) is 50.1 Å². The average Bonchev–Trinajstić information content (AvgIpc) is 3.04. The molecule has 1 aromatic heterocycles. The summed E-state index contributed by atoms with van der Waals surface area (Å²) in [5.74, 6) is 0.419. The summed E-state index contributed by atoms with van der Waals surface area (Å²) in [6.45, 7) is 1.75. The third kappa shape index (κ3) is 3.71. The minimum atomic E-state index is -0.117. The molecule has 1 saturated carbocycles. The lowest BCUT2D eigenvalue weighted by atomic mass is 9.86. The van der Waals surface area contributed by atoms with Crippen LogP contribution in [0.5, 0.6) is 0 Å². The van der Waals surface area contributed by atoms with Crippen LogP contribution in [-0.2, 0) is 6.54 Å². The summed E-state index contributed by atoms with van der Waals surface area (Å²) in [5.41, 5.74) is 2.34. The SMILES string of the molecule is OC1CCCCC1CNCc1ccc(-n2cccn2)cc1. The van der Waals surface area contributed by atoms with Gasteiger partial charge in [-0.3, -0.25) is 0 Å². The van der Waals surface area contributed by atoms with Crippen molar-refractivity contribution in [2.45, 2.75) is 38.3 Å². The number of nitrogens with one attached hydrogen (secondary N) is 1. The summed E-state index contributed by atoms with van der Waals surface area (Å²) in [5, 5.41) is 17.7. The molecular weight excluding hydrogens is 262 g/mol. The van der Waals surface area contributed by atoms with Gasteiger partial charge in [0, 0.05) is 25.5 Å². The van der Waals surface area contributed by atoms with Gasteiger partial charge in [-0.25, -0.2) is 4.68 Å². The largest absolute Gasteiger partial charge is 0.393 e. The molecule has 0 amide bonds. The van der Waals surface area contributed by atoms with Gasteiger partial charge in [-0.15, -0.1) is 0 Å². The Labute approximate surface area is 125 Å². The van der Waals surface area contributed by atoms with Gasteiger partial charge in [-0.2, -0.15) is 5.10 Å². The number of aliphatic hydroxyl groups is 1. The van der Waals surface area contributed by atoms with Crippen LogP contribution in [0.4, 0.5) is 0 Å². The Morgan fingerprint density at radius 3 is 2.71 bits per heavy atom. The Kier molecular flexibility index (Phi) is 4.68. The number of nitrogens with zero attached hydrogens (tertiary/aromatic N) is 2. The van der Waals surface area contributed by atoms with Crippen LogP contribution in [0, 0.1) is 5.92 Å². The third-order valence-corrected chi connectivity index (χ3v) is 4.31. The van der Waals surface area contributed by atoms with Crippen molar-refractivity contribution >= 4 is 0 Å². The summed E-state index contributed by atoms with van der Waals surface area (Å²) in [6.07, 6.45) is 8.14. The molecule has 1 fully saturated rings. The highest BCUT2D eigenvalue weighted by Gasteiger charge is 2.22. The van der Waals surface area contributed by atoms with E-state index in [0.29, 0.717) is 5.92 Å². The fourth-order valence-corrected chi connectivity index (χ4v) is 3.02. The van der Waals surface area contributed by atoms with Crippen LogP contribution in [0.25, 0.3) is 5.69 Å². The molecule has 0 saturated heterocycles. The highest BCUT2D eigenvalue weighted by Crippen LogP contribution is 2.23. The van der Waals surface area contributed by atoms with Crippen LogP contribution < -0.4 is 5.32 Å². The molecule has 2 unspecified atom stereocenters. The second kappa shape index (κ2) is 6.87. The van der Waals surface area contributed by atoms with E-state index in [4.69, 9.17) is 0 Å². The lowest BCUT2D eigenvalue weighted by Gasteiger charge is -2.27. The molecule has 21 heavy (non-hydrogen) atoms. The van der Waals surface area contributed by atoms with Crippen molar-refractivity contribution in [2.75, 3.05) is 6.54 Å². The normalized spacial score (nSPS) is 22.3.